The molecule has 1 nitrogen and oxygen atoms in total. The molecular weight excluding hydrogens is 148 g/mol. The highest BCUT2D eigenvalue weighted by Crippen LogP contribution is 2.06. The van der Waals surface area contributed by atoms with Gasteiger partial charge in [0.1, 0.15) is 0 Å². The van der Waals surface area contributed by atoms with E-state index in [1.165, 1.54) is 24.8 Å². The molecule has 1 heteroatoms. The summed E-state index contributed by atoms with van der Waals surface area (Å²) in [6.45, 7) is 10.8. The molecule has 12 heavy (non-hydrogen) atoms. The fraction of sp³-hybridized carbons (Fsp3) is 0.727. The zero-order valence-corrected chi connectivity index (χ0v) is 8.44. The molecule has 0 spiro atoms. The number of ether oxygens (including phenoxy) is 1. The molecule has 0 fully saturated rings. The van der Waals surface area contributed by atoms with E-state index in [4.69, 9.17) is 4.74 Å². The van der Waals surface area contributed by atoms with E-state index < -0.39 is 0 Å². The Morgan fingerprint density at radius 3 is 2.67 bits per heavy atom. The Morgan fingerprint density at radius 1 is 1.33 bits per heavy atom. The van der Waals surface area contributed by atoms with Crippen molar-refractivity contribution in [3.63, 3.8) is 0 Å². The van der Waals surface area contributed by atoms with Gasteiger partial charge in [-0.15, -0.1) is 6.58 Å². The lowest BCUT2D eigenvalue weighted by atomic mass is 10.1. The molecule has 0 bridgehead atoms. The van der Waals surface area contributed by atoms with Gasteiger partial charge >= 0.3 is 0 Å². The smallest absolute Gasteiger partial charge is 0.0833 e. The molecule has 71 valence electrons. The first-order valence-electron chi connectivity index (χ1n) is 4.85. The van der Waals surface area contributed by atoms with Crippen LogP contribution in [0.2, 0.25) is 0 Å². The minimum Gasteiger partial charge on any atom is -0.376 e. The van der Waals surface area contributed by atoms with E-state index in [9.17, 15) is 0 Å². The third kappa shape index (κ3) is 9.70. The van der Waals surface area contributed by atoms with Crippen molar-refractivity contribution >= 4 is 0 Å². The summed E-state index contributed by atoms with van der Waals surface area (Å²) in [5.74, 6) is 0. The van der Waals surface area contributed by atoms with Gasteiger partial charge in [-0.25, -0.2) is 0 Å². The minimum absolute atomic E-state index is 0.879. The fourth-order valence-electron chi connectivity index (χ4n) is 0.990. The third-order valence-electron chi connectivity index (χ3n) is 1.65. The molecule has 0 amide bonds. The van der Waals surface area contributed by atoms with Crippen LogP contribution in [-0.2, 0) is 4.74 Å². The van der Waals surface area contributed by atoms with Crippen molar-refractivity contribution in [3.8, 4) is 0 Å². The van der Waals surface area contributed by atoms with Crippen molar-refractivity contribution < 1.29 is 4.74 Å². The van der Waals surface area contributed by atoms with Gasteiger partial charge in [-0.05, 0) is 32.6 Å². The van der Waals surface area contributed by atoms with Crippen molar-refractivity contribution in [2.45, 2.75) is 46.0 Å². The average Bonchev–Trinajstić information content (AvgIpc) is 2.02. The monoisotopic (exact) mass is 169 g/mol. The lowest BCUT2D eigenvalue weighted by molar-refractivity contribution is 0.188. The van der Waals surface area contributed by atoms with Gasteiger partial charge in [0.15, 0.2) is 0 Å². The van der Waals surface area contributed by atoms with Crippen LogP contribution in [0.1, 0.15) is 46.0 Å². The van der Waals surface area contributed by atoms with Crippen LogP contribution in [0.15, 0.2) is 12.2 Å². The summed E-state index contributed by atoms with van der Waals surface area (Å²) in [4.78, 5) is 0. The largest absolute Gasteiger partial charge is 0.376 e. The number of hydrogen-bond donors (Lipinski definition) is 0. The molecule has 0 aromatic rings. The highest BCUT2D eigenvalue weighted by atomic mass is 16.5. The molecule has 0 atom stereocenters. The predicted octanol–water partition coefficient (Wildman–Crippen LogP) is 3.71. The van der Waals surface area contributed by atoms with E-state index in [2.05, 4.69) is 20.4 Å². The molecule has 0 aliphatic heterocycles. The average molecular weight is 169 g/mol. The third-order valence-corrected chi connectivity index (χ3v) is 1.65. The minimum atomic E-state index is 0.879. The Hall–Kier alpha value is -0.300. The van der Waals surface area contributed by atoms with E-state index in [0.717, 1.165) is 19.4 Å². The number of unbranched alkanes of at least 4 members (excludes halogenated alkanes) is 2. The zero-order chi connectivity index (χ0) is 9.23. The summed E-state index contributed by atoms with van der Waals surface area (Å²) in [5.41, 5.74) is 1.29. The van der Waals surface area contributed by atoms with Gasteiger partial charge < -0.3 is 4.74 Å². The van der Waals surface area contributed by atoms with Crippen molar-refractivity contribution in [1.82, 2.24) is 0 Å². The van der Waals surface area contributed by atoms with Gasteiger partial charge in [-0.2, -0.15) is 0 Å². The number of allylic oxidation sites excluding steroid dienone is 1. The standard InChI is InChI=1S/C11H21O/c1-4-9-12-10-7-5-6-8-11(2)3/h9H,2,4-8,10H2,1,3H3. The number of rotatable bonds is 8. The maximum atomic E-state index is 5.24. The Morgan fingerprint density at radius 2 is 2.08 bits per heavy atom. The van der Waals surface area contributed by atoms with E-state index in [1.54, 1.807) is 0 Å². The van der Waals surface area contributed by atoms with Crippen LogP contribution < -0.4 is 0 Å². The highest BCUT2D eigenvalue weighted by molar-refractivity contribution is 4.86. The SMILES string of the molecule is C=C(C)CCCCCO[CH]CC. The first kappa shape index (κ1) is 11.7. The predicted molar refractivity (Wildman–Crippen MR) is 53.8 cm³/mol. The van der Waals surface area contributed by atoms with E-state index in [-0.39, 0.29) is 0 Å². The van der Waals surface area contributed by atoms with Crippen LogP contribution in [0.4, 0.5) is 0 Å². The normalized spacial score (nSPS) is 10.2. The van der Waals surface area contributed by atoms with Crippen LogP contribution in [0, 0.1) is 6.61 Å². The zero-order valence-electron chi connectivity index (χ0n) is 8.44. The summed E-state index contributed by atoms with van der Waals surface area (Å²) in [5, 5.41) is 0. The second-order valence-corrected chi connectivity index (χ2v) is 3.21. The molecule has 0 aromatic carbocycles. The molecule has 0 aromatic heterocycles. The second-order valence-electron chi connectivity index (χ2n) is 3.21. The highest BCUT2D eigenvalue weighted by Gasteiger charge is 1.90. The Bertz CT molecular complexity index is 108. The van der Waals surface area contributed by atoms with E-state index in [0.29, 0.717) is 0 Å². The lowest BCUT2D eigenvalue weighted by Gasteiger charge is -2.01. The summed E-state index contributed by atoms with van der Waals surface area (Å²) in [7, 11) is 0. The van der Waals surface area contributed by atoms with Gasteiger partial charge in [-0.1, -0.05) is 18.9 Å². The maximum Gasteiger partial charge on any atom is 0.0833 e. The van der Waals surface area contributed by atoms with Crippen LogP contribution in [-0.4, -0.2) is 6.61 Å². The van der Waals surface area contributed by atoms with E-state index in [1.807, 2.05) is 6.61 Å². The van der Waals surface area contributed by atoms with Gasteiger partial charge in [-0.3, -0.25) is 0 Å². The second kappa shape index (κ2) is 8.79. The molecular formula is C11H21O. The molecule has 0 rings (SSSR count). The van der Waals surface area contributed by atoms with Crippen molar-refractivity contribution in [2.75, 3.05) is 6.61 Å². The molecule has 0 N–H and O–H groups in total. The first-order valence-corrected chi connectivity index (χ1v) is 4.85. The van der Waals surface area contributed by atoms with Gasteiger partial charge in [0.25, 0.3) is 0 Å². The molecule has 1 radical (unpaired) electrons. The van der Waals surface area contributed by atoms with Crippen LogP contribution >= 0.6 is 0 Å². The van der Waals surface area contributed by atoms with Gasteiger partial charge in [0.2, 0.25) is 0 Å². The molecule has 0 aliphatic carbocycles. The summed E-state index contributed by atoms with van der Waals surface area (Å²) in [6.07, 6.45) is 5.85. The van der Waals surface area contributed by atoms with Gasteiger partial charge in [0, 0.05) is 6.61 Å². The van der Waals surface area contributed by atoms with Crippen molar-refractivity contribution in [2.24, 2.45) is 0 Å². The lowest BCUT2D eigenvalue weighted by Crippen LogP contribution is -1.91. The topological polar surface area (TPSA) is 9.23 Å². The van der Waals surface area contributed by atoms with Crippen LogP contribution in [0.25, 0.3) is 0 Å². The molecule has 0 aliphatic rings. The maximum absolute atomic E-state index is 5.24. The summed E-state index contributed by atoms with van der Waals surface area (Å²) < 4.78 is 5.24. The Balaban J connectivity index is 2.86. The van der Waals surface area contributed by atoms with Crippen LogP contribution in [0.3, 0.4) is 0 Å². The first-order chi connectivity index (χ1) is 5.77. The molecule has 0 unspecified atom stereocenters. The van der Waals surface area contributed by atoms with E-state index >= 15 is 0 Å². The molecule has 0 saturated carbocycles. The molecule has 0 saturated heterocycles. The molecule has 0 heterocycles. The van der Waals surface area contributed by atoms with Gasteiger partial charge in [0.05, 0.1) is 6.61 Å². The number of hydrogen-bond acceptors (Lipinski definition) is 1. The van der Waals surface area contributed by atoms with Crippen molar-refractivity contribution in [3.05, 3.63) is 18.8 Å². The quantitative estimate of drug-likeness (QED) is 0.397. The fourth-order valence-corrected chi connectivity index (χ4v) is 0.990. The summed E-state index contributed by atoms with van der Waals surface area (Å²) in [6, 6.07) is 0. The van der Waals surface area contributed by atoms with Crippen LogP contribution in [0.5, 0.6) is 0 Å². The Kier molecular flexibility index (Phi) is 8.57. The Labute approximate surface area is 76.8 Å². The summed E-state index contributed by atoms with van der Waals surface area (Å²) >= 11 is 0. The van der Waals surface area contributed by atoms with Crippen molar-refractivity contribution in [1.29, 1.82) is 0 Å².